The second kappa shape index (κ2) is 6.21. The number of nitriles is 1. The monoisotopic (exact) mass is 261 g/mol. The van der Waals surface area contributed by atoms with Crippen molar-refractivity contribution in [3.8, 4) is 6.07 Å². The van der Waals surface area contributed by atoms with E-state index < -0.39 is 11.7 Å². The average Bonchev–Trinajstić information content (AvgIpc) is 2.34. The maximum Gasteiger partial charge on any atom is 0.422 e. The Hall–Kier alpha value is -2.06. The fraction of sp³-hybridized carbons (Fsp3) is 0.429. The Morgan fingerprint density at radius 1 is 1.32 bits per heavy atom. The Morgan fingerprint density at radius 2 is 1.89 bits per heavy atom. The lowest BCUT2D eigenvalue weighted by Crippen LogP contribution is -2.42. The molecule has 19 heavy (non-hydrogen) atoms. The summed E-state index contributed by atoms with van der Waals surface area (Å²) in [5, 5.41) is 8.71. The Bertz CT molecular complexity index is 469. The van der Waals surface area contributed by atoms with Crippen LogP contribution in [0.1, 0.15) is 44.9 Å². The SMILES string of the molecule is CC(NNC(=O)OC(C)(C)C)c1ccc(C#N)cc1. The number of carbonyl (C=O) groups is 1. The van der Waals surface area contributed by atoms with Gasteiger partial charge in [0.25, 0.3) is 0 Å². The number of rotatable bonds is 3. The normalized spacial score (nSPS) is 12.4. The quantitative estimate of drug-likeness (QED) is 0.820. The van der Waals surface area contributed by atoms with Crippen molar-refractivity contribution < 1.29 is 9.53 Å². The highest BCUT2D eigenvalue weighted by Gasteiger charge is 2.16. The van der Waals surface area contributed by atoms with Crippen molar-refractivity contribution in [3.05, 3.63) is 35.4 Å². The molecule has 1 aromatic carbocycles. The maximum absolute atomic E-state index is 11.5. The van der Waals surface area contributed by atoms with E-state index in [4.69, 9.17) is 10.00 Å². The van der Waals surface area contributed by atoms with Gasteiger partial charge in [-0.05, 0) is 45.4 Å². The fourth-order valence-electron chi connectivity index (χ4n) is 1.40. The molecule has 0 heterocycles. The molecular weight excluding hydrogens is 242 g/mol. The highest BCUT2D eigenvalue weighted by Crippen LogP contribution is 2.12. The first kappa shape index (κ1) is 15.0. The highest BCUT2D eigenvalue weighted by atomic mass is 16.6. The molecule has 102 valence electrons. The van der Waals surface area contributed by atoms with Gasteiger partial charge in [0.15, 0.2) is 0 Å². The number of ether oxygens (including phenoxy) is 1. The number of amides is 1. The van der Waals surface area contributed by atoms with E-state index in [1.54, 1.807) is 32.9 Å². The molecule has 1 rings (SSSR count). The molecule has 5 nitrogen and oxygen atoms in total. The van der Waals surface area contributed by atoms with Crippen LogP contribution < -0.4 is 10.9 Å². The van der Waals surface area contributed by atoms with Crippen molar-refractivity contribution >= 4 is 6.09 Å². The molecule has 0 spiro atoms. The predicted molar refractivity (Wildman–Crippen MR) is 72.1 cm³/mol. The van der Waals surface area contributed by atoms with Gasteiger partial charge in [-0.3, -0.25) is 5.43 Å². The van der Waals surface area contributed by atoms with E-state index in [2.05, 4.69) is 16.9 Å². The summed E-state index contributed by atoms with van der Waals surface area (Å²) in [7, 11) is 0. The maximum atomic E-state index is 11.5. The molecule has 0 fully saturated rings. The molecular formula is C14H19N3O2. The average molecular weight is 261 g/mol. The molecule has 2 N–H and O–H groups in total. The van der Waals surface area contributed by atoms with Crippen LogP contribution in [0.15, 0.2) is 24.3 Å². The molecule has 0 bridgehead atoms. The second-order valence-corrected chi connectivity index (χ2v) is 5.23. The molecule has 0 aliphatic carbocycles. The molecule has 1 unspecified atom stereocenters. The van der Waals surface area contributed by atoms with Crippen LogP contribution >= 0.6 is 0 Å². The Kier molecular flexibility index (Phi) is 4.90. The summed E-state index contributed by atoms with van der Waals surface area (Å²) < 4.78 is 5.10. The number of carbonyl (C=O) groups excluding carboxylic acids is 1. The zero-order valence-corrected chi connectivity index (χ0v) is 11.7. The summed E-state index contributed by atoms with van der Waals surface area (Å²) in [5.74, 6) is 0. The van der Waals surface area contributed by atoms with Gasteiger partial charge in [-0.25, -0.2) is 10.2 Å². The summed E-state index contributed by atoms with van der Waals surface area (Å²) in [6.07, 6.45) is -0.520. The molecule has 1 atom stereocenters. The van der Waals surface area contributed by atoms with Crippen molar-refractivity contribution in [3.63, 3.8) is 0 Å². The molecule has 0 radical (unpaired) electrons. The lowest BCUT2D eigenvalue weighted by molar-refractivity contribution is 0.0489. The molecule has 0 aliphatic heterocycles. The number of nitrogens with one attached hydrogen (secondary N) is 2. The zero-order chi connectivity index (χ0) is 14.5. The molecule has 1 amide bonds. The van der Waals surface area contributed by atoms with E-state index in [1.165, 1.54) is 0 Å². The van der Waals surface area contributed by atoms with Crippen LogP contribution in [0, 0.1) is 11.3 Å². The Morgan fingerprint density at radius 3 is 2.37 bits per heavy atom. The van der Waals surface area contributed by atoms with E-state index in [0.29, 0.717) is 5.56 Å². The van der Waals surface area contributed by atoms with Crippen molar-refractivity contribution in [2.24, 2.45) is 0 Å². The minimum atomic E-state index is -0.524. The largest absolute Gasteiger partial charge is 0.443 e. The van der Waals surface area contributed by atoms with Crippen LogP contribution in [0.4, 0.5) is 4.79 Å². The van der Waals surface area contributed by atoms with Crippen molar-refractivity contribution in [2.75, 3.05) is 0 Å². The van der Waals surface area contributed by atoms with Gasteiger partial charge in [0, 0.05) is 6.04 Å². The van der Waals surface area contributed by atoms with Gasteiger partial charge >= 0.3 is 6.09 Å². The standard InChI is InChI=1S/C14H19N3O2/c1-10(12-7-5-11(9-15)6-8-12)16-17-13(18)19-14(2,3)4/h5-8,10,16H,1-4H3,(H,17,18). The third-order valence-electron chi connectivity index (χ3n) is 2.33. The van der Waals surface area contributed by atoms with Crippen LogP contribution in [0.25, 0.3) is 0 Å². The van der Waals surface area contributed by atoms with E-state index in [-0.39, 0.29) is 6.04 Å². The van der Waals surface area contributed by atoms with Gasteiger partial charge in [-0.15, -0.1) is 0 Å². The first-order valence-electron chi connectivity index (χ1n) is 6.06. The first-order chi connectivity index (χ1) is 8.81. The number of hydrogen-bond acceptors (Lipinski definition) is 4. The van der Waals surface area contributed by atoms with Gasteiger partial charge in [0.05, 0.1) is 11.6 Å². The molecule has 0 saturated carbocycles. The minimum Gasteiger partial charge on any atom is -0.443 e. The van der Waals surface area contributed by atoms with Crippen LogP contribution in [-0.2, 0) is 4.74 Å². The van der Waals surface area contributed by atoms with Crippen LogP contribution in [0.2, 0.25) is 0 Å². The lowest BCUT2D eigenvalue weighted by Gasteiger charge is -2.21. The van der Waals surface area contributed by atoms with E-state index in [0.717, 1.165) is 5.56 Å². The fourth-order valence-corrected chi connectivity index (χ4v) is 1.40. The lowest BCUT2D eigenvalue weighted by atomic mass is 10.1. The third-order valence-corrected chi connectivity index (χ3v) is 2.33. The van der Waals surface area contributed by atoms with Gasteiger partial charge in [-0.1, -0.05) is 12.1 Å². The summed E-state index contributed by atoms with van der Waals surface area (Å²) >= 11 is 0. The number of hydrogen-bond donors (Lipinski definition) is 2. The van der Waals surface area contributed by atoms with Crippen molar-refractivity contribution in [2.45, 2.75) is 39.3 Å². The number of benzene rings is 1. The zero-order valence-electron chi connectivity index (χ0n) is 11.7. The molecule has 0 saturated heterocycles. The molecule has 1 aromatic rings. The summed E-state index contributed by atoms with van der Waals surface area (Å²) in [5.41, 5.74) is 6.39. The summed E-state index contributed by atoms with van der Waals surface area (Å²) in [6, 6.07) is 9.13. The van der Waals surface area contributed by atoms with Crippen molar-refractivity contribution in [1.82, 2.24) is 10.9 Å². The van der Waals surface area contributed by atoms with Crippen LogP contribution in [0.5, 0.6) is 0 Å². The highest BCUT2D eigenvalue weighted by molar-refractivity contribution is 5.67. The van der Waals surface area contributed by atoms with Crippen LogP contribution in [-0.4, -0.2) is 11.7 Å². The summed E-state index contributed by atoms with van der Waals surface area (Å²) in [4.78, 5) is 11.5. The third kappa shape index (κ3) is 5.40. The van der Waals surface area contributed by atoms with Crippen LogP contribution in [0.3, 0.4) is 0 Å². The second-order valence-electron chi connectivity index (χ2n) is 5.23. The Balaban J connectivity index is 2.49. The molecule has 0 aromatic heterocycles. The topological polar surface area (TPSA) is 74.2 Å². The molecule has 5 heteroatoms. The Labute approximate surface area is 113 Å². The summed E-state index contributed by atoms with van der Waals surface area (Å²) in [6.45, 7) is 7.31. The van der Waals surface area contributed by atoms with E-state index in [1.807, 2.05) is 19.1 Å². The predicted octanol–water partition coefficient (Wildman–Crippen LogP) is 2.65. The van der Waals surface area contributed by atoms with Gasteiger partial charge in [0.2, 0.25) is 0 Å². The number of hydrazine groups is 1. The molecule has 0 aliphatic rings. The van der Waals surface area contributed by atoms with E-state index in [9.17, 15) is 4.79 Å². The van der Waals surface area contributed by atoms with Gasteiger partial charge in [-0.2, -0.15) is 5.26 Å². The van der Waals surface area contributed by atoms with Gasteiger partial charge in [0.1, 0.15) is 5.60 Å². The smallest absolute Gasteiger partial charge is 0.422 e. The minimum absolute atomic E-state index is 0.0831. The van der Waals surface area contributed by atoms with E-state index >= 15 is 0 Å². The van der Waals surface area contributed by atoms with Crippen molar-refractivity contribution in [1.29, 1.82) is 5.26 Å². The first-order valence-corrected chi connectivity index (χ1v) is 6.06. The van der Waals surface area contributed by atoms with Gasteiger partial charge < -0.3 is 4.74 Å². The number of nitrogens with zero attached hydrogens (tertiary/aromatic N) is 1.